The second-order valence-corrected chi connectivity index (χ2v) is 6.08. The van der Waals surface area contributed by atoms with Crippen LogP contribution in [0.4, 0.5) is 0 Å². The SMILES string of the molecule is C=CCN1CCCCC1Cc1ccc(-c2cccnc2)cc1. The first kappa shape index (κ1) is 15.0. The Bertz CT molecular complexity index is 589. The fourth-order valence-electron chi connectivity index (χ4n) is 3.34. The predicted molar refractivity (Wildman–Crippen MR) is 92.8 cm³/mol. The molecule has 114 valence electrons. The van der Waals surface area contributed by atoms with Crippen molar-refractivity contribution in [1.82, 2.24) is 9.88 Å². The molecule has 0 spiro atoms. The molecule has 1 saturated heterocycles. The van der Waals surface area contributed by atoms with Crippen molar-refractivity contribution in [1.29, 1.82) is 0 Å². The van der Waals surface area contributed by atoms with Gasteiger partial charge >= 0.3 is 0 Å². The van der Waals surface area contributed by atoms with Crippen molar-refractivity contribution in [3.63, 3.8) is 0 Å². The van der Waals surface area contributed by atoms with Crippen molar-refractivity contribution in [3.8, 4) is 11.1 Å². The molecule has 2 heteroatoms. The fourth-order valence-corrected chi connectivity index (χ4v) is 3.34. The first-order valence-corrected chi connectivity index (χ1v) is 8.21. The Morgan fingerprint density at radius 1 is 1.14 bits per heavy atom. The van der Waals surface area contributed by atoms with Gasteiger partial charge in [0.05, 0.1) is 0 Å². The molecule has 2 heterocycles. The number of likely N-dealkylation sites (tertiary alicyclic amines) is 1. The maximum Gasteiger partial charge on any atom is 0.0346 e. The van der Waals surface area contributed by atoms with Crippen molar-refractivity contribution in [2.45, 2.75) is 31.7 Å². The third-order valence-corrected chi connectivity index (χ3v) is 4.53. The third-order valence-electron chi connectivity index (χ3n) is 4.53. The lowest BCUT2D eigenvalue weighted by atomic mass is 9.94. The van der Waals surface area contributed by atoms with Crippen LogP contribution in [0.2, 0.25) is 0 Å². The van der Waals surface area contributed by atoms with Gasteiger partial charge in [0.15, 0.2) is 0 Å². The van der Waals surface area contributed by atoms with Gasteiger partial charge in [0.2, 0.25) is 0 Å². The Balaban J connectivity index is 1.69. The van der Waals surface area contributed by atoms with E-state index in [0.717, 1.165) is 13.0 Å². The van der Waals surface area contributed by atoms with Crippen LogP contribution in [0.5, 0.6) is 0 Å². The zero-order chi connectivity index (χ0) is 15.2. The minimum atomic E-state index is 0.663. The summed E-state index contributed by atoms with van der Waals surface area (Å²) >= 11 is 0. The molecule has 0 amide bonds. The molecule has 0 N–H and O–H groups in total. The molecule has 1 aromatic heterocycles. The number of pyridine rings is 1. The first-order chi connectivity index (χ1) is 10.9. The van der Waals surface area contributed by atoms with Gasteiger partial charge in [-0.1, -0.05) is 42.8 Å². The minimum Gasteiger partial charge on any atom is -0.296 e. The molecule has 22 heavy (non-hydrogen) atoms. The van der Waals surface area contributed by atoms with Crippen LogP contribution >= 0.6 is 0 Å². The number of hydrogen-bond donors (Lipinski definition) is 0. The van der Waals surface area contributed by atoms with E-state index >= 15 is 0 Å². The summed E-state index contributed by atoms with van der Waals surface area (Å²) in [5.74, 6) is 0. The second-order valence-electron chi connectivity index (χ2n) is 6.08. The van der Waals surface area contributed by atoms with Crippen molar-refractivity contribution >= 4 is 0 Å². The number of benzene rings is 1. The molecule has 1 aliphatic heterocycles. The lowest BCUT2D eigenvalue weighted by Gasteiger charge is -2.35. The predicted octanol–water partition coefficient (Wildman–Crippen LogP) is 4.33. The molecular weight excluding hydrogens is 268 g/mol. The normalized spacial score (nSPS) is 19.0. The Kier molecular flexibility index (Phi) is 5.02. The summed E-state index contributed by atoms with van der Waals surface area (Å²) < 4.78 is 0. The zero-order valence-electron chi connectivity index (χ0n) is 13.1. The summed E-state index contributed by atoms with van der Waals surface area (Å²) in [6.07, 6.45) is 10.9. The van der Waals surface area contributed by atoms with Crippen LogP contribution in [0.3, 0.4) is 0 Å². The molecule has 0 radical (unpaired) electrons. The number of rotatable bonds is 5. The molecule has 2 nitrogen and oxygen atoms in total. The molecule has 0 saturated carbocycles. The first-order valence-electron chi connectivity index (χ1n) is 8.21. The van der Waals surface area contributed by atoms with Gasteiger partial charge in [-0.05, 0) is 48.6 Å². The molecule has 1 aromatic carbocycles. The van der Waals surface area contributed by atoms with E-state index in [1.807, 2.05) is 24.5 Å². The Hall–Kier alpha value is -1.93. The van der Waals surface area contributed by atoms with E-state index in [-0.39, 0.29) is 0 Å². The van der Waals surface area contributed by atoms with Gasteiger partial charge in [-0.25, -0.2) is 0 Å². The van der Waals surface area contributed by atoms with E-state index in [9.17, 15) is 0 Å². The highest BCUT2D eigenvalue weighted by Gasteiger charge is 2.21. The molecule has 1 atom stereocenters. The lowest BCUT2D eigenvalue weighted by molar-refractivity contribution is 0.164. The summed E-state index contributed by atoms with van der Waals surface area (Å²) in [4.78, 5) is 6.77. The second kappa shape index (κ2) is 7.37. The summed E-state index contributed by atoms with van der Waals surface area (Å²) in [5.41, 5.74) is 3.84. The van der Waals surface area contributed by atoms with Crippen LogP contribution in [0.25, 0.3) is 11.1 Å². The number of aromatic nitrogens is 1. The highest BCUT2D eigenvalue weighted by molar-refractivity contribution is 5.62. The van der Waals surface area contributed by atoms with Gasteiger partial charge < -0.3 is 0 Å². The Morgan fingerprint density at radius 2 is 2.00 bits per heavy atom. The van der Waals surface area contributed by atoms with Crippen LogP contribution < -0.4 is 0 Å². The van der Waals surface area contributed by atoms with Crippen molar-refractivity contribution in [2.24, 2.45) is 0 Å². The number of hydrogen-bond acceptors (Lipinski definition) is 2. The standard InChI is InChI=1S/C20H24N2/c1-2-13-22-14-4-3-7-20(22)15-17-8-10-18(11-9-17)19-6-5-12-21-16-19/h2,5-6,8-12,16,20H,1,3-4,7,13-15H2. The van der Waals surface area contributed by atoms with Gasteiger partial charge in [-0.3, -0.25) is 9.88 Å². The van der Waals surface area contributed by atoms with Crippen LogP contribution in [0.1, 0.15) is 24.8 Å². The minimum absolute atomic E-state index is 0.663. The smallest absolute Gasteiger partial charge is 0.0346 e. The molecule has 0 aliphatic carbocycles. The van der Waals surface area contributed by atoms with Crippen molar-refractivity contribution in [2.75, 3.05) is 13.1 Å². The van der Waals surface area contributed by atoms with Crippen LogP contribution in [-0.4, -0.2) is 29.0 Å². The maximum absolute atomic E-state index is 4.19. The summed E-state index contributed by atoms with van der Waals surface area (Å²) in [7, 11) is 0. The zero-order valence-corrected chi connectivity index (χ0v) is 13.1. The van der Waals surface area contributed by atoms with E-state index < -0.39 is 0 Å². The van der Waals surface area contributed by atoms with Gasteiger partial charge in [0.1, 0.15) is 0 Å². The summed E-state index contributed by atoms with van der Waals surface area (Å²) in [6, 6.07) is 13.7. The molecule has 0 bridgehead atoms. The highest BCUT2D eigenvalue weighted by atomic mass is 15.2. The quantitative estimate of drug-likeness (QED) is 0.762. The summed E-state index contributed by atoms with van der Waals surface area (Å²) in [6.45, 7) is 6.12. The largest absolute Gasteiger partial charge is 0.296 e. The molecule has 3 rings (SSSR count). The Labute approximate surface area is 133 Å². The summed E-state index contributed by atoms with van der Waals surface area (Å²) in [5, 5.41) is 0. The average Bonchev–Trinajstić information content (AvgIpc) is 2.58. The van der Waals surface area contributed by atoms with Gasteiger partial charge in [-0.2, -0.15) is 0 Å². The third kappa shape index (κ3) is 3.63. The fraction of sp³-hybridized carbons (Fsp3) is 0.350. The average molecular weight is 292 g/mol. The molecule has 2 aromatic rings. The van der Waals surface area contributed by atoms with E-state index in [2.05, 4.69) is 46.8 Å². The molecule has 1 fully saturated rings. The van der Waals surface area contributed by atoms with E-state index in [1.54, 1.807) is 0 Å². The highest BCUT2D eigenvalue weighted by Crippen LogP contribution is 2.23. The van der Waals surface area contributed by atoms with E-state index in [1.165, 1.54) is 42.5 Å². The molecule has 1 unspecified atom stereocenters. The van der Waals surface area contributed by atoms with Crippen LogP contribution in [-0.2, 0) is 6.42 Å². The van der Waals surface area contributed by atoms with Crippen molar-refractivity contribution < 1.29 is 0 Å². The maximum atomic E-state index is 4.19. The van der Waals surface area contributed by atoms with Crippen molar-refractivity contribution in [3.05, 3.63) is 67.0 Å². The Morgan fingerprint density at radius 3 is 2.73 bits per heavy atom. The van der Waals surface area contributed by atoms with Gasteiger partial charge in [0.25, 0.3) is 0 Å². The molecule has 1 aliphatic rings. The monoisotopic (exact) mass is 292 g/mol. The van der Waals surface area contributed by atoms with Gasteiger partial charge in [0, 0.05) is 25.0 Å². The van der Waals surface area contributed by atoms with Crippen LogP contribution in [0, 0.1) is 0 Å². The number of piperidine rings is 1. The van der Waals surface area contributed by atoms with Gasteiger partial charge in [-0.15, -0.1) is 6.58 Å². The number of nitrogens with zero attached hydrogens (tertiary/aromatic N) is 2. The van der Waals surface area contributed by atoms with Crippen LogP contribution in [0.15, 0.2) is 61.4 Å². The topological polar surface area (TPSA) is 16.1 Å². The van der Waals surface area contributed by atoms with E-state index in [4.69, 9.17) is 0 Å². The van der Waals surface area contributed by atoms with E-state index in [0.29, 0.717) is 6.04 Å². The lowest BCUT2D eigenvalue weighted by Crippen LogP contribution is -2.40. The molecular formula is C20H24N2.